The predicted molar refractivity (Wildman–Crippen MR) is 103 cm³/mol. The fraction of sp³-hybridized carbons (Fsp3) is 0.0909. The van der Waals surface area contributed by atoms with Crippen LogP contribution in [0.15, 0.2) is 96.1 Å². The fourth-order valence-corrected chi connectivity index (χ4v) is 4.15. The van der Waals surface area contributed by atoms with Crippen LogP contribution in [0.3, 0.4) is 0 Å². The number of thiophene rings is 1. The highest BCUT2D eigenvalue weighted by atomic mass is 32.1. The average molecular weight is 314 g/mol. The molecule has 0 saturated heterocycles. The summed E-state index contributed by atoms with van der Waals surface area (Å²) in [6.45, 7) is 0. The van der Waals surface area contributed by atoms with Crippen molar-refractivity contribution >= 4 is 31.5 Å². The number of hydrogen-bond acceptors (Lipinski definition) is 1. The SMILES string of the molecule is C1=CCC(C2=CC=CC2)=C1.c1ccc2c(c1)sc1ccccc12. The molecule has 112 valence electrons. The highest BCUT2D eigenvalue weighted by Crippen LogP contribution is 2.32. The Morgan fingerprint density at radius 2 is 1.09 bits per heavy atom. The molecule has 0 bridgehead atoms. The minimum absolute atomic E-state index is 1.13. The van der Waals surface area contributed by atoms with Crippen molar-refractivity contribution in [1.82, 2.24) is 0 Å². The summed E-state index contributed by atoms with van der Waals surface area (Å²) in [5.41, 5.74) is 2.98. The molecule has 0 fully saturated rings. The van der Waals surface area contributed by atoms with E-state index < -0.39 is 0 Å². The van der Waals surface area contributed by atoms with Crippen molar-refractivity contribution in [3.8, 4) is 0 Å². The van der Waals surface area contributed by atoms with Gasteiger partial charge in [-0.25, -0.2) is 0 Å². The van der Waals surface area contributed by atoms with Crippen LogP contribution in [0.2, 0.25) is 0 Å². The van der Waals surface area contributed by atoms with Gasteiger partial charge in [0.05, 0.1) is 0 Å². The van der Waals surface area contributed by atoms with Crippen LogP contribution in [-0.4, -0.2) is 0 Å². The molecule has 5 rings (SSSR count). The fourth-order valence-electron chi connectivity index (χ4n) is 3.05. The molecule has 0 N–H and O–H groups in total. The van der Waals surface area contributed by atoms with Crippen molar-refractivity contribution in [2.24, 2.45) is 0 Å². The zero-order chi connectivity index (χ0) is 15.5. The maximum absolute atomic E-state index is 2.21. The van der Waals surface area contributed by atoms with E-state index in [1.54, 1.807) is 0 Å². The lowest BCUT2D eigenvalue weighted by atomic mass is 10.1. The highest BCUT2D eigenvalue weighted by Gasteiger charge is 2.06. The van der Waals surface area contributed by atoms with Crippen LogP contribution in [0.1, 0.15) is 12.8 Å². The molecule has 2 aliphatic rings. The molecule has 0 atom stereocenters. The van der Waals surface area contributed by atoms with Gasteiger partial charge >= 0.3 is 0 Å². The van der Waals surface area contributed by atoms with E-state index in [-0.39, 0.29) is 0 Å². The van der Waals surface area contributed by atoms with E-state index in [9.17, 15) is 0 Å². The standard InChI is InChI=1S/C12H8S.C10H10/c1-3-7-11-9(5-1)10-6-2-4-8-12(10)13-11;1-2-6-9(5-1)10-7-3-4-8-10/h1-8H;1-5,7H,6,8H2. The second-order valence-electron chi connectivity index (χ2n) is 5.74. The number of hydrogen-bond donors (Lipinski definition) is 0. The summed E-state index contributed by atoms with van der Waals surface area (Å²) >= 11 is 1.86. The second-order valence-corrected chi connectivity index (χ2v) is 6.83. The molecular weight excluding hydrogens is 296 g/mol. The Kier molecular flexibility index (Phi) is 3.95. The van der Waals surface area contributed by atoms with E-state index in [0.717, 1.165) is 12.8 Å². The smallest absolute Gasteiger partial charge is 0.0355 e. The van der Waals surface area contributed by atoms with Crippen LogP contribution < -0.4 is 0 Å². The summed E-state index contributed by atoms with van der Waals surface area (Å²) in [7, 11) is 0. The van der Waals surface area contributed by atoms with Gasteiger partial charge in [-0.1, -0.05) is 72.9 Å². The Labute approximate surface area is 140 Å². The van der Waals surface area contributed by atoms with Gasteiger partial charge in [0.15, 0.2) is 0 Å². The Morgan fingerprint density at radius 3 is 1.52 bits per heavy atom. The minimum Gasteiger partial charge on any atom is -0.135 e. The zero-order valence-electron chi connectivity index (χ0n) is 12.9. The molecule has 1 heteroatoms. The quantitative estimate of drug-likeness (QED) is 0.462. The van der Waals surface area contributed by atoms with E-state index in [1.165, 1.54) is 31.3 Å². The van der Waals surface area contributed by atoms with Gasteiger partial charge in [0.25, 0.3) is 0 Å². The highest BCUT2D eigenvalue weighted by molar-refractivity contribution is 7.25. The Bertz CT molecular complexity index is 885. The molecule has 1 heterocycles. The van der Waals surface area contributed by atoms with Crippen molar-refractivity contribution in [3.63, 3.8) is 0 Å². The summed E-state index contributed by atoms with van der Waals surface area (Å²) in [5, 5.41) is 2.76. The maximum Gasteiger partial charge on any atom is 0.0355 e. The summed E-state index contributed by atoms with van der Waals surface area (Å²) in [6.07, 6.45) is 15.4. The molecule has 0 spiro atoms. The van der Waals surface area contributed by atoms with Crippen molar-refractivity contribution in [3.05, 3.63) is 96.1 Å². The van der Waals surface area contributed by atoms with Crippen LogP contribution >= 0.6 is 11.3 Å². The number of rotatable bonds is 1. The molecule has 23 heavy (non-hydrogen) atoms. The zero-order valence-corrected chi connectivity index (χ0v) is 13.7. The number of fused-ring (bicyclic) bond motifs is 3. The lowest BCUT2D eigenvalue weighted by Crippen LogP contribution is -1.80. The Hall–Kier alpha value is -2.38. The van der Waals surface area contributed by atoms with Crippen LogP contribution in [0.5, 0.6) is 0 Å². The first-order valence-corrected chi connectivity index (χ1v) is 8.81. The minimum atomic E-state index is 1.13. The van der Waals surface area contributed by atoms with Crippen molar-refractivity contribution in [2.45, 2.75) is 12.8 Å². The molecule has 0 nitrogen and oxygen atoms in total. The van der Waals surface area contributed by atoms with E-state index in [0.29, 0.717) is 0 Å². The third kappa shape index (κ3) is 2.93. The number of benzene rings is 2. The van der Waals surface area contributed by atoms with Gasteiger partial charge in [-0.05, 0) is 36.1 Å². The summed E-state index contributed by atoms with van der Waals surface area (Å²) < 4.78 is 2.76. The van der Waals surface area contributed by atoms with Crippen molar-refractivity contribution in [2.75, 3.05) is 0 Å². The van der Waals surface area contributed by atoms with Gasteiger partial charge < -0.3 is 0 Å². The Balaban J connectivity index is 0.000000122. The van der Waals surface area contributed by atoms with E-state index in [4.69, 9.17) is 0 Å². The van der Waals surface area contributed by atoms with Gasteiger partial charge in [0, 0.05) is 20.2 Å². The first-order chi connectivity index (χ1) is 11.4. The van der Waals surface area contributed by atoms with Crippen molar-refractivity contribution in [1.29, 1.82) is 0 Å². The van der Waals surface area contributed by atoms with Crippen molar-refractivity contribution < 1.29 is 0 Å². The number of allylic oxidation sites excluding steroid dienone is 8. The molecule has 0 amide bonds. The van der Waals surface area contributed by atoms with E-state index in [2.05, 4.69) is 85.0 Å². The average Bonchev–Trinajstić information content (AvgIpc) is 3.34. The molecule has 2 aromatic carbocycles. The second kappa shape index (κ2) is 6.39. The van der Waals surface area contributed by atoms with Crippen LogP contribution in [-0.2, 0) is 0 Å². The first-order valence-electron chi connectivity index (χ1n) is 8.00. The molecule has 3 aromatic rings. The van der Waals surface area contributed by atoms with Gasteiger partial charge in [0.2, 0.25) is 0 Å². The molecule has 1 aromatic heterocycles. The van der Waals surface area contributed by atoms with Crippen LogP contribution in [0.25, 0.3) is 20.2 Å². The third-order valence-corrected chi connectivity index (χ3v) is 5.39. The summed E-state index contributed by atoms with van der Waals surface area (Å²) in [6, 6.07) is 17.1. The molecule has 0 unspecified atom stereocenters. The van der Waals surface area contributed by atoms with Crippen LogP contribution in [0.4, 0.5) is 0 Å². The summed E-state index contributed by atoms with van der Waals surface area (Å²) in [5.74, 6) is 0. The normalized spacial score (nSPS) is 15.7. The monoisotopic (exact) mass is 314 g/mol. The molecule has 0 saturated carbocycles. The lowest BCUT2D eigenvalue weighted by Gasteiger charge is -1.99. The predicted octanol–water partition coefficient (Wildman–Crippen LogP) is 6.81. The molecular formula is C22H18S. The Morgan fingerprint density at radius 1 is 0.609 bits per heavy atom. The van der Waals surface area contributed by atoms with E-state index >= 15 is 0 Å². The van der Waals surface area contributed by atoms with Gasteiger partial charge in [-0.15, -0.1) is 11.3 Å². The maximum atomic E-state index is 2.21. The van der Waals surface area contributed by atoms with Gasteiger partial charge in [0.1, 0.15) is 0 Å². The van der Waals surface area contributed by atoms with Crippen LogP contribution in [0, 0.1) is 0 Å². The molecule has 0 aliphatic heterocycles. The van der Waals surface area contributed by atoms with Gasteiger partial charge in [-0.2, -0.15) is 0 Å². The lowest BCUT2D eigenvalue weighted by molar-refractivity contribution is 1.18. The van der Waals surface area contributed by atoms with E-state index in [1.807, 2.05) is 11.3 Å². The molecule has 2 aliphatic carbocycles. The first kappa shape index (κ1) is 14.2. The molecule has 0 radical (unpaired) electrons. The van der Waals surface area contributed by atoms with Gasteiger partial charge in [-0.3, -0.25) is 0 Å². The largest absolute Gasteiger partial charge is 0.135 e. The third-order valence-electron chi connectivity index (χ3n) is 4.24. The summed E-state index contributed by atoms with van der Waals surface area (Å²) in [4.78, 5) is 0. The topological polar surface area (TPSA) is 0 Å².